The number of benzene rings is 2. The van der Waals surface area contributed by atoms with Crippen molar-refractivity contribution >= 4 is 12.0 Å². The summed E-state index contributed by atoms with van der Waals surface area (Å²) in [5.41, 5.74) is 3.53. The minimum Gasteiger partial charge on any atom is -0.344 e. The number of anilines is 1. The lowest BCUT2D eigenvalue weighted by atomic mass is 9.99. The van der Waals surface area contributed by atoms with Crippen molar-refractivity contribution in [1.29, 1.82) is 0 Å². The summed E-state index contributed by atoms with van der Waals surface area (Å²) in [6.45, 7) is 8.74. The molecule has 0 bridgehead atoms. The fourth-order valence-electron chi connectivity index (χ4n) is 4.62. The molecule has 0 aromatic heterocycles. The van der Waals surface area contributed by atoms with Crippen molar-refractivity contribution in [2.24, 2.45) is 0 Å². The van der Waals surface area contributed by atoms with Crippen LogP contribution in [0.4, 0.5) is 10.1 Å². The summed E-state index contributed by atoms with van der Waals surface area (Å²) in [5.74, 6) is -0.198. The molecule has 1 saturated heterocycles. The molecule has 0 amide bonds. The number of halogens is 1. The van der Waals surface area contributed by atoms with Crippen molar-refractivity contribution in [3.05, 3.63) is 65.5 Å². The van der Waals surface area contributed by atoms with Gasteiger partial charge in [-0.05, 0) is 49.6 Å². The first kappa shape index (κ1) is 19.1. The van der Waals surface area contributed by atoms with Gasteiger partial charge in [-0.15, -0.1) is 0 Å². The Balaban J connectivity index is 1.44. The largest absolute Gasteiger partial charge is 0.344 e. The van der Waals surface area contributed by atoms with E-state index in [2.05, 4.69) is 52.8 Å². The summed E-state index contributed by atoms with van der Waals surface area (Å²) in [6, 6.07) is 15.1. The first-order valence-electron chi connectivity index (χ1n) is 10.0. The zero-order valence-corrected chi connectivity index (χ0v) is 16.6. The SMILES string of the molecule is CC1(C)Cc2ccccc2N1C(C=O)N1CCN(Cc2ccc(F)cc2)CC1. The third-order valence-corrected chi connectivity index (χ3v) is 6.01. The van der Waals surface area contributed by atoms with Crippen LogP contribution in [-0.2, 0) is 17.8 Å². The number of nitrogens with zero attached hydrogens (tertiary/aromatic N) is 3. The monoisotopic (exact) mass is 381 g/mol. The highest BCUT2D eigenvalue weighted by Crippen LogP contribution is 2.40. The van der Waals surface area contributed by atoms with E-state index in [1.807, 2.05) is 12.1 Å². The van der Waals surface area contributed by atoms with E-state index >= 15 is 0 Å². The second-order valence-corrected chi connectivity index (χ2v) is 8.48. The Kier molecular flexibility index (Phi) is 5.21. The molecule has 1 fully saturated rings. The van der Waals surface area contributed by atoms with Gasteiger partial charge >= 0.3 is 0 Å². The number of hydrogen-bond donors (Lipinski definition) is 0. The molecule has 4 nitrogen and oxygen atoms in total. The predicted octanol–water partition coefficient (Wildman–Crippen LogP) is 3.31. The molecule has 5 heteroatoms. The topological polar surface area (TPSA) is 26.8 Å². The number of piperazine rings is 1. The second-order valence-electron chi connectivity index (χ2n) is 8.48. The molecule has 1 atom stereocenters. The Morgan fingerprint density at radius 3 is 2.39 bits per heavy atom. The molecule has 28 heavy (non-hydrogen) atoms. The molecule has 0 saturated carbocycles. The van der Waals surface area contributed by atoms with E-state index in [9.17, 15) is 9.18 Å². The highest BCUT2D eigenvalue weighted by atomic mass is 19.1. The van der Waals surface area contributed by atoms with Crippen molar-refractivity contribution in [3.8, 4) is 0 Å². The summed E-state index contributed by atoms with van der Waals surface area (Å²) in [7, 11) is 0. The number of fused-ring (bicyclic) bond motifs is 1. The molecule has 0 N–H and O–H groups in total. The first-order chi connectivity index (χ1) is 13.5. The summed E-state index contributed by atoms with van der Waals surface area (Å²) < 4.78 is 13.1. The molecule has 4 rings (SSSR count). The maximum Gasteiger partial charge on any atom is 0.157 e. The van der Waals surface area contributed by atoms with E-state index in [0.29, 0.717) is 0 Å². The minimum atomic E-state index is -0.244. The van der Waals surface area contributed by atoms with Crippen LogP contribution in [0.3, 0.4) is 0 Å². The van der Waals surface area contributed by atoms with Crippen LogP contribution in [0.25, 0.3) is 0 Å². The summed E-state index contributed by atoms with van der Waals surface area (Å²) in [4.78, 5) is 19.1. The van der Waals surface area contributed by atoms with E-state index in [1.54, 1.807) is 0 Å². The molecule has 0 radical (unpaired) electrons. The molecule has 2 heterocycles. The molecular formula is C23H28FN3O. The fourth-order valence-corrected chi connectivity index (χ4v) is 4.62. The van der Waals surface area contributed by atoms with Crippen LogP contribution < -0.4 is 4.90 Å². The van der Waals surface area contributed by atoms with Gasteiger partial charge in [0.2, 0.25) is 0 Å². The van der Waals surface area contributed by atoms with Gasteiger partial charge in [0.15, 0.2) is 6.29 Å². The lowest BCUT2D eigenvalue weighted by Gasteiger charge is -2.46. The lowest BCUT2D eigenvalue weighted by molar-refractivity contribution is -0.113. The summed E-state index contributed by atoms with van der Waals surface area (Å²) in [5, 5.41) is 0. The van der Waals surface area contributed by atoms with Gasteiger partial charge in [-0.3, -0.25) is 14.6 Å². The van der Waals surface area contributed by atoms with Gasteiger partial charge in [-0.25, -0.2) is 4.39 Å². The molecular weight excluding hydrogens is 353 g/mol. The Morgan fingerprint density at radius 2 is 1.71 bits per heavy atom. The van der Waals surface area contributed by atoms with Crippen molar-refractivity contribution in [2.75, 3.05) is 31.1 Å². The van der Waals surface area contributed by atoms with Gasteiger partial charge < -0.3 is 4.90 Å². The smallest absolute Gasteiger partial charge is 0.157 e. The maximum atomic E-state index is 13.1. The standard InChI is InChI=1S/C23H28FN3O/c1-23(2)15-19-5-3-4-6-21(19)27(23)22(17-28)26-13-11-25(12-14-26)16-18-7-9-20(24)10-8-18/h3-10,17,22H,11-16H2,1-2H3. The van der Waals surface area contributed by atoms with Gasteiger partial charge in [0.1, 0.15) is 12.0 Å². The Labute approximate surface area is 166 Å². The number of rotatable bonds is 5. The normalized spacial score (nSPS) is 20.8. The maximum absolute atomic E-state index is 13.1. The molecule has 2 aliphatic heterocycles. The van der Waals surface area contributed by atoms with Crippen LogP contribution in [0.15, 0.2) is 48.5 Å². The summed E-state index contributed by atoms with van der Waals surface area (Å²) in [6.07, 6.45) is 1.81. The van der Waals surface area contributed by atoms with Gasteiger partial charge in [-0.1, -0.05) is 30.3 Å². The number of para-hydroxylation sites is 1. The number of carbonyl (C=O) groups excluding carboxylic acids is 1. The van der Waals surface area contributed by atoms with E-state index in [-0.39, 0.29) is 17.5 Å². The molecule has 2 aromatic rings. The number of hydrogen-bond acceptors (Lipinski definition) is 4. The second kappa shape index (κ2) is 7.64. The number of carbonyl (C=O) groups is 1. The Bertz CT molecular complexity index is 828. The predicted molar refractivity (Wildman–Crippen MR) is 110 cm³/mol. The minimum absolute atomic E-state index is 0.0828. The quantitative estimate of drug-likeness (QED) is 0.743. The van der Waals surface area contributed by atoms with E-state index < -0.39 is 0 Å². The van der Waals surface area contributed by atoms with E-state index in [4.69, 9.17) is 0 Å². The average molecular weight is 381 g/mol. The van der Waals surface area contributed by atoms with Crippen LogP contribution in [0.1, 0.15) is 25.0 Å². The first-order valence-corrected chi connectivity index (χ1v) is 10.0. The van der Waals surface area contributed by atoms with Crippen LogP contribution in [0.5, 0.6) is 0 Å². The van der Waals surface area contributed by atoms with Crippen LogP contribution in [-0.4, -0.2) is 54.0 Å². The fraction of sp³-hybridized carbons (Fsp3) is 0.435. The molecule has 148 valence electrons. The van der Waals surface area contributed by atoms with Crippen molar-refractivity contribution in [2.45, 2.75) is 38.5 Å². The van der Waals surface area contributed by atoms with Crippen molar-refractivity contribution < 1.29 is 9.18 Å². The molecule has 2 aromatic carbocycles. The van der Waals surface area contributed by atoms with E-state index in [1.165, 1.54) is 23.4 Å². The van der Waals surface area contributed by atoms with Gasteiger partial charge in [0.05, 0.1) is 0 Å². The third-order valence-electron chi connectivity index (χ3n) is 6.01. The molecule has 0 aliphatic carbocycles. The highest BCUT2D eigenvalue weighted by molar-refractivity contribution is 5.71. The van der Waals surface area contributed by atoms with Crippen LogP contribution in [0, 0.1) is 5.82 Å². The summed E-state index contributed by atoms with van der Waals surface area (Å²) >= 11 is 0. The Hall–Kier alpha value is -2.24. The molecule has 1 unspecified atom stereocenters. The third kappa shape index (κ3) is 3.69. The van der Waals surface area contributed by atoms with Gasteiger partial charge in [0, 0.05) is 44.0 Å². The Morgan fingerprint density at radius 1 is 1.04 bits per heavy atom. The van der Waals surface area contributed by atoms with Gasteiger partial charge in [-0.2, -0.15) is 0 Å². The zero-order chi connectivity index (χ0) is 19.7. The molecule has 2 aliphatic rings. The van der Waals surface area contributed by atoms with Gasteiger partial charge in [0.25, 0.3) is 0 Å². The van der Waals surface area contributed by atoms with Crippen LogP contribution >= 0.6 is 0 Å². The number of aldehydes is 1. The van der Waals surface area contributed by atoms with Crippen LogP contribution in [0.2, 0.25) is 0 Å². The van der Waals surface area contributed by atoms with E-state index in [0.717, 1.165) is 51.0 Å². The van der Waals surface area contributed by atoms with Crippen molar-refractivity contribution in [3.63, 3.8) is 0 Å². The highest BCUT2D eigenvalue weighted by Gasteiger charge is 2.42. The molecule has 0 spiro atoms. The van der Waals surface area contributed by atoms with Crippen molar-refractivity contribution in [1.82, 2.24) is 9.80 Å². The lowest BCUT2D eigenvalue weighted by Crippen LogP contribution is -2.60. The zero-order valence-electron chi connectivity index (χ0n) is 16.6. The average Bonchev–Trinajstić information content (AvgIpc) is 2.96.